The molecule has 2 N–H and O–H groups in total. The third-order valence-electron chi connectivity index (χ3n) is 2.72. The van der Waals surface area contributed by atoms with Gasteiger partial charge in [-0.2, -0.15) is 10.1 Å². The second-order valence-corrected chi connectivity index (χ2v) is 6.12. The van der Waals surface area contributed by atoms with Crippen molar-refractivity contribution in [1.82, 2.24) is 19.9 Å². The van der Waals surface area contributed by atoms with E-state index >= 15 is 0 Å². The van der Waals surface area contributed by atoms with Gasteiger partial charge in [0.05, 0.1) is 0 Å². The summed E-state index contributed by atoms with van der Waals surface area (Å²) in [6, 6.07) is 1.88. The highest BCUT2D eigenvalue weighted by Crippen LogP contribution is 2.21. The summed E-state index contributed by atoms with van der Waals surface area (Å²) in [5.41, 5.74) is 7.00. The van der Waals surface area contributed by atoms with Gasteiger partial charge in [-0.3, -0.25) is 4.68 Å². The molecule has 0 amide bonds. The topological polar surface area (TPSA) is 82.8 Å². The molecule has 0 bridgehead atoms. The van der Waals surface area contributed by atoms with E-state index in [4.69, 9.17) is 10.3 Å². The molecule has 0 saturated heterocycles. The first-order valence-electron chi connectivity index (χ1n) is 6.42. The fourth-order valence-corrected chi connectivity index (χ4v) is 2.06. The van der Waals surface area contributed by atoms with Crippen LogP contribution in [-0.2, 0) is 13.5 Å². The largest absolute Gasteiger partial charge is 0.339 e. The van der Waals surface area contributed by atoms with Crippen LogP contribution >= 0.6 is 0 Å². The summed E-state index contributed by atoms with van der Waals surface area (Å²) in [5, 5.41) is 8.17. The Morgan fingerprint density at radius 1 is 1.42 bits per heavy atom. The van der Waals surface area contributed by atoms with E-state index in [1.165, 1.54) is 0 Å². The first-order chi connectivity index (χ1) is 8.83. The summed E-state index contributed by atoms with van der Waals surface area (Å²) in [7, 11) is 1.85. The van der Waals surface area contributed by atoms with E-state index < -0.39 is 0 Å². The Morgan fingerprint density at radius 2 is 2.16 bits per heavy atom. The third-order valence-corrected chi connectivity index (χ3v) is 2.72. The van der Waals surface area contributed by atoms with Gasteiger partial charge in [0.2, 0.25) is 11.7 Å². The van der Waals surface area contributed by atoms with Crippen LogP contribution in [0.4, 0.5) is 0 Å². The van der Waals surface area contributed by atoms with Crippen molar-refractivity contribution in [2.24, 2.45) is 18.2 Å². The predicted octanol–water partition coefficient (Wildman–Crippen LogP) is 1.78. The van der Waals surface area contributed by atoms with E-state index in [0.717, 1.165) is 6.42 Å². The summed E-state index contributed by atoms with van der Waals surface area (Å²) >= 11 is 0. The third kappa shape index (κ3) is 3.89. The lowest BCUT2D eigenvalue weighted by molar-refractivity contribution is 0.313. The normalized spacial score (nSPS) is 13.7. The smallest absolute Gasteiger partial charge is 0.228 e. The summed E-state index contributed by atoms with van der Waals surface area (Å²) < 4.78 is 6.93. The number of rotatable bonds is 4. The minimum Gasteiger partial charge on any atom is -0.339 e. The molecular weight excluding hydrogens is 242 g/mol. The highest BCUT2D eigenvalue weighted by Gasteiger charge is 2.19. The minimum absolute atomic E-state index is 0.0250. The Morgan fingerprint density at radius 3 is 2.74 bits per heavy atom. The van der Waals surface area contributed by atoms with E-state index in [1.54, 1.807) is 4.68 Å². The Hall–Kier alpha value is -1.69. The van der Waals surface area contributed by atoms with Gasteiger partial charge in [-0.15, -0.1) is 0 Å². The Kier molecular flexibility index (Phi) is 3.71. The predicted molar refractivity (Wildman–Crippen MR) is 72.3 cm³/mol. The second-order valence-electron chi connectivity index (χ2n) is 6.12. The maximum Gasteiger partial charge on any atom is 0.228 e. The molecule has 6 nitrogen and oxygen atoms in total. The molecule has 0 aliphatic heterocycles. The van der Waals surface area contributed by atoms with Crippen molar-refractivity contribution in [2.75, 3.05) is 0 Å². The van der Waals surface area contributed by atoms with Gasteiger partial charge in [-0.05, 0) is 17.9 Å². The number of hydrogen-bond acceptors (Lipinski definition) is 5. The molecule has 104 valence electrons. The zero-order chi connectivity index (χ0) is 14.0. The Bertz CT molecular complexity index is 537. The summed E-state index contributed by atoms with van der Waals surface area (Å²) in [4.78, 5) is 4.33. The number of aryl methyl sites for hydroxylation is 1. The molecular formula is C13H21N5O. The molecule has 6 heteroatoms. The monoisotopic (exact) mass is 263 g/mol. The van der Waals surface area contributed by atoms with Crippen molar-refractivity contribution in [2.45, 2.75) is 39.7 Å². The molecule has 0 saturated carbocycles. The Labute approximate surface area is 113 Å². The van der Waals surface area contributed by atoms with Crippen LogP contribution in [0.15, 0.2) is 16.8 Å². The summed E-state index contributed by atoms with van der Waals surface area (Å²) in [6.45, 7) is 6.50. The van der Waals surface area contributed by atoms with Crippen LogP contribution in [0.1, 0.15) is 33.1 Å². The molecule has 0 radical (unpaired) electrons. The zero-order valence-electron chi connectivity index (χ0n) is 11.9. The Balaban J connectivity index is 2.01. The fraction of sp³-hybridized carbons (Fsp3) is 0.615. The molecule has 0 aromatic carbocycles. The minimum atomic E-state index is 0.0250. The first kappa shape index (κ1) is 13.7. The average molecular weight is 263 g/mol. The van der Waals surface area contributed by atoms with Gasteiger partial charge >= 0.3 is 0 Å². The molecule has 2 heterocycles. The van der Waals surface area contributed by atoms with E-state index in [9.17, 15) is 0 Å². The fourth-order valence-electron chi connectivity index (χ4n) is 2.06. The number of nitrogens with zero attached hydrogens (tertiary/aromatic N) is 4. The highest BCUT2D eigenvalue weighted by atomic mass is 16.5. The van der Waals surface area contributed by atoms with Gasteiger partial charge in [0.25, 0.3) is 0 Å². The van der Waals surface area contributed by atoms with Gasteiger partial charge in [0.1, 0.15) is 5.69 Å². The van der Waals surface area contributed by atoms with Crippen LogP contribution in [0.25, 0.3) is 11.5 Å². The van der Waals surface area contributed by atoms with Crippen LogP contribution in [0.2, 0.25) is 0 Å². The number of hydrogen-bond donors (Lipinski definition) is 1. The van der Waals surface area contributed by atoms with Crippen LogP contribution < -0.4 is 5.73 Å². The molecule has 0 spiro atoms. The van der Waals surface area contributed by atoms with Crippen molar-refractivity contribution >= 4 is 0 Å². The summed E-state index contributed by atoms with van der Waals surface area (Å²) in [6.07, 6.45) is 3.35. The number of aromatic nitrogens is 4. The van der Waals surface area contributed by atoms with Gasteiger partial charge in [0.15, 0.2) is 0 Å². The maximum absolute atomic E-state index is 6.10. The van der Waals surface area contributed by atoms with E-state index in [0.29, 0.717) is 23.8 Å². The molecule has 2 aromatic rings. The lowest BCUT2D eigenvalue weighted by Crippen LogP contribution is -2.28. The van der Waals surface area contributed by atoms with Crippen LogP contribution in [0, 0.1) is 5.41 Å². The molecule has 1 atom stereocenters. The molecule has 1 unspecified atom stereocenters. The van der Waals surface area contributed by atoms with Crippen molar-refractivity contribution in [3.05, 3.63) is 18.2 Å². The molecule has 2 aromatic heterocycles. The lowest BCUT2D eigenvalue weighted by atomic mass is 9.87. The van der Waals surface area contributed by atoms with Crippen LogP contribution in [0.3, 0.4) is 0 Å². The van der Waals surface area contributed by atoms with Crippen molar-refractivity contribution in [1.29, 1.82) is 0 Å². The highest BCUT2D eigenvalue weighted by molar-refractivity contribution is 5.46. The van der Waals surface area contributed by atoms with Crippen molar-refractivity contribution in [3.63, 3.8) is 0 Å². The van der Waals surface area contributed by atoms with Crippen molar-refractivity contribution < 1.29 is 4.52 Å². The average Bonchev–Trinajstić information content (AvgIpc) is 2.83. The number of nitrogens with two attached hydrogens (primary N) is 1. The second kappa shape index (κ2) is 5.13. The first-order valence-corrected chi connectivity index (χ1v) is 6.42. The van der Waals surface area contributed by atoms with Gasteiger partial charge in [-0.1, -0.05) is 25.9 Å². The molecule has 0 fully saturated rings. The quantitative estimate of drug-likeness (QED) is 0.909. The van der Waals surface area contributed by atoms with E-state index in [-0.39, 0.29) is 11.5 Å². The SMILES string of the molecule is Cn1ccc(-c2noc(CC(N)CC(C)(C)C)n2)n1. The lowest BCUT2D eigenvalue weighted by Gasteiger charge is -2.21. The van der Waals surface area contributed by atoms with Crippen LogP contribution in [0.5, 0.6) is 0 Å². The van der Waals surface area contributed by atoms with E-state index in [1.807, 2.05) is 19.3 Å². The van der Waals surface area contributed by atoms with Gasteiger partial charge in [0, 0.05) is 25.7 Å². The summed E-state index contributed by atoms with van der Waals surface area (Å²) in [5.74, 6) is 1.08. The standard InChI is InChI=1S/C13H21N5O/c1-13(2,3)8-9(14)7-11-15-12(17-19-11)10-5-6-18(4)16-10/h5-6,9H,7-8,14H2,1-4H3. The molecule has 0 aliphatic carbocycles. The van der Waals surface area contributed by atoms with E-state index in [2.05, 4.69) is 36.0 Å². The van der Waals surface area contributed by atoms with Gasteiger partial charge in [-0.25, -0.2) is 0 Å². The molecule has 2 rings (SSSR count). The van der Waals surface area contributed by atoms with Crippen LogP contribution in [-0.4, -0.2) is 26.0 Å². The maximum atomic E-state index is 6.10. The zero-order valence-corrected chi connectivity index (χ0v) is 11.9. The van der Waals surface area contributed by atoms with Crippen molar-refractivity contribution in [3.8, 4) is 11.5 Å². The van der Waals surface area contributed by atoms with Gasteiger partial charge < -0.3 is 10.3 Å². The molecule has 0 aliphatic rings. The molecule has 19 heavy (non-hydrogen) atoms.